The Labute approximate surface area is 230 Å². The van der Waals surface area contributed by atoms with Gasteiger partial charge in [0.15, 0.2) is 0 Å². The van der Waals surface area contributed by atoms with Crippen molar-refractivity contribution in [2.24, 2.45) is 10.8 Å². The summed E-state index contributed by atoms with van der Waals surface area (Å²) in [6.45, 7) is 0. The van der Waals surface area contributed by atoms with Gasteiger partial charge in [-0.15, -0.1) is 0 Å². The van der Waals surface area contributed by atoms with Crippen molar-refractivity contribution in [3.63, 3.8) is 0 Å². The van der Waals surface area contributed by atoms with Crippen LogP contribution in [0.1, 0.15) is 30.0 Å². The van der Waals surface area contributed by atoms with Crippen LogP contribution in [0, 0.1) is 0 Å². The maximum Gasteiger partial charge on any atom is 0.333 e. The highest BCUT2D eigenvalue weighted by atomic mass is 35.5. The molecule has 7 nitrogen and oxygen atoms in total. The average Bonchev–Trinajstić information content (AvgIpc) is 3.34. The lowest BCUT2D eigenvalue weighted by Crippen LogP contribution is -2.41. The first-order chi connectivity index (χ1) is 18.5. The molecule has 0 fully saturated rings. The molecule has 2 amide bonds. The van der Waals surface area contributed by atoms with Gasteiger partial charge in [-0.2, -0.15) is 13.9 Å². The van der Waals surface area contributed by atoms with Crippen LogP contribution in [0.5, 0.6) is 0 Å². The van der Waals surface area contributed by atoms with Crippen LogP contribution in [-0.4, -0.2) is 33.4 Å². The minimum absolute atomic E-state index is 0.0392. The topological polar surface area (TPSA) is 109 Å². The molecule has 1 aromatic heterocycles. The number of aromatic nitrogens is 1. The number of para-hydroxylation sites is 1. The van der Waals surface area contributed by atoms with Crippen molar-refractivity contribution in [3.05, 3.63) is 104 Å². The molecular formula is C28H20Cl2F2N4O3. The van der Waals surface area contributed by atoms with Crippen molar-refractivity contribution in [1.29, 1.82) is 0 Å². The van der Waals surface area contributed by atoms with Gasteiger partial charge in [0, 0.05) is 32.9 Å². The third kappa shape index (κ3) is 5.15. The Morgan fingerprint density at radius 3 is 2.23 bits per heavy atom. The lowest BCUT2D eigenvalue weighted by Gasteiger charge is -2.23. The third-order valence-electron chi connectivity index (χ3n) is 6.50. The fraction of sp³-hybridized carbons (Fsp3) is 0.143. The Hall–Kier alpha value is -4.08. The molecule has 1 aliphatic heterocycles. The van der Waals surface area contributed by atoms with Crippen LogP contribution in [0.15, 0.2) is 82.7 Å². The minimum atomic E-state index is -4.07. The molecule has 0 bridgehead atoms. The van der Waals surface area contributed by atoms with E-state index in [0.717, 1.165) is 5.01 Å². The molecule has 0 aliphatic carbocycles. The fourth-order valence-electron chi connectivity index (χ4n) is 4.63. The summed E-state index contributed by atoms with van der Waals surface area (Å²) in [5.74, 6) is -7.12. The number of pyridine rings is 1. The Morgan fingerprint density at radius 1 is 0.974 bits per heavy atom. The van der Waals surface area contributed by atoms with Crippen LogP contribution in [0.25, 0.3) is 22.0 Å². The van der Waals surface area contributed by atoms with E-state index in [-0.39, 0.29) is 17.7 Å². The molecule has 3 aromatic carbocycles. The molecule has 1 aliphatic rings. The van der Waals surface area contributed by atoms with E-state index >= 15 is 0 Å². The zero-order valence-corrected chi connectivity index (χ0v) is 21.6. The van der Waals surface area contributed by atoms with Gasteiger partial charge in [0.25, 0.3) is 11.5 Å². The van der Waals surface area contributed by atoms with E-state index in [9.17, 15) is 23.2 Å². The lowest BCUT2D eigenvalue weighted by atomic mass is 9.91. The smallest absolute Gasteiger partial charge is 0.333 e. The first kappa shape index (κ1) is 26.5. The number of primary amides is 1. The first-order valence-electron chi connectivity index (χ1n) is 11.8. The second-order valence-corrected chi connectivity index (χ2v) is 9.93. The molecule has 198 valence electrons. The number of nitrogens with one attached hydrogen (secondary N) is 1. The van der Waals surface area contributed by atoms with Crippen LogP contribution >= 0.6 is 23.2 Å². The SMILES string of the molecule is NC(=O)C(F)(F)CC(=O)N1N=C(c2c(-c3ccc(Cl)cc3)c3ccccc3[nH]c2=O)CC1c1ccc(Cl)cc1. The number of amides is 2. The van der Waals surface area contributed by atoms with Gasteiger partial charge in [-0.1, -0.05) is 65.7 Å². The van der Waals surface area contributed by atoms with Gasteiger partial charge in [-0.05, 0) is 41.5 Å². The third-order valence-corrected chi connectivity index (χ3v) is 7.00. The maximum atomic E-state index is 14.2. The highest BCUT2D eigenvalue weighted by molar-refractivity contribution is 6.31. The summed E-state index contributed by atoms with van der Waals surface area (Å²) in [4.78, 5) is 40.7. The second kappa shape index (κ2) is 10.2. The number of halogens is 4. The molecule has 11 heteroatoms. The number of benzene rings is 3. The summed E-state index contributed by atoms with van der Waals surface area (Å²) >= 11 is 12.1. The minimum Gasteiger partial charge on any atom is -0.364 e. The van der Waals surface area contributed by atoms with Gasteiger partial charge >= 0.3 is 5.92 Å². The van der Waals surface area contributed by atoms with Crippen LogP contribution < -0.4 is 11.3 Å². The predicted molar refractivity (Wildman–Crippen MR) is 146 cm³/mol. The molecule has 4 aromatic rings. The fourth-order valence-corrected chi connectivity index (χ4v) is 4.88. The van der Waals surface area contributed by atoms with Crippen molar-refractivity contribution < 1.29 is 18.4 Å². The zero-order chi connectivity index (χ0) is 27.9. The summed E-state index contributed by atoms with van der Waals surface area (Å²) in [7, 11) is 0. The van der Waals surface area contributed by atoms with Gasteiger partial charge in [0.2, 0.25) is 5.91 Å². The van der Waals surface area contributed by atoms with E-state index in [1.807, 2.05) is 12.1 Å². The van der Waals surface area contributed by atoms with E-state index < -0.39 is 35.8 Å². The number of nitrogens with zero attached hydrogens (tertiary/aromatic N) is 2. The zero-order valence-electron chi connectivity index (χ0n) is 20.1. The summed E-state index contributed by atoms with van der Waals surface area (Å²) in [5.41, 5.74) is 7.09. The summed E-state index contributed by atoms with van der Waals surface area (Å²) in [5, 5.41) is 6.93. The highest BCUT2D eigenvalue weighted by Crippen LogP contribution is 2.38. The Bertz CT molecular complexity index is 1690. The van der Waals surface area contributed by atoms with Crippen molar-refractivity contribution in [2.75, 3.05) is 0 Å². The molecule has 1 atom stereocenters. The normalized spacial score (nSPS) is 15.4. The lowest BCUT2D eigenvalue weighted by molar-refractivity contribution is -0.153. The van der Waals surface area contributed by atoms with Gasteiger partial charge in [-0.25, -0.2) is 5.01 Å². The van der Waals surface area contributed by atoms with Crippen molar-refractivity contribution in [2.45, 2.75) is 24.8 Å². The number of hydrazone groups is 1. The average molecular weight is 569 g/mol. The number of alkyl halides is 2. The maximum absolute atomic E-state index is 14.2. The van der Waals surface area contributed by atoms with Crippen LogP contribution in [0.4, 0.5) is 8.78 Å². The summed E-state index contributed by atoms with van der Waals surface area (Å²) in [6.07, 6.45) is -1.43. The first-order valence-corrected chi connectivity index (χ1v) is 12.5. The van der Waals surface area contributed by atoms with Gasteiger partial charge in [0.1, 0.15) is 6.42 Å². The summed E-state index contributed by atoms with van der Waals surface area (Å²) < 4.78 is 28.3. The molecule has 0 saturated heterocycles. The molecule has 2 heterocycles. The second-order valence-electron chi connectivity index (χ2n) is 9.06. The number of rotatable bonds is 6. The monoisotopic (exact) mass is 568 g/mol. The van der Waals surface area contributed by atoms with Crippen LogP contribution in [0.3, 0.4) is 0 Å². The van der Waals surface area contributed by atoms with Crippen LogP contribution in [-0.2, 0) is 9.59 Å². The standard InChI is InChI=1S/C28H20Cl2F2N4O3/c29-17-9-5-15(6-10-17)22-13-21(35-36(22)23(37)14-28(31,32)27(33)39)25-24(16-7-11-18(30)12-8-16)19-3-1-2-4-20(19)34-26(25)38/h1-12,22H,13-14H2,(H2,33,39)(H,34,38). The number of carbonyl (C=O) groups excluding carboxylic acids is 2. The molecule has 3 N–H and O–H groups in total. The van der Waals surface area contributed by atoms with Crippen molar-refractivity contribution in [1.82, 2.24) is 9.99 Å². The molecular weight excluding hydrogens is 549 g/mol. The molecule has 0 saturated carbocycles. The number of carbonyl (C=O) groups is 2. The van der Waals surface area contributed by atoms with Gasteiger partial charge in [0.05, 0.1) is 17.3 Å². The van der Waals surface area contributed by atoms with E-state index in [2.05, 4.69) is 10.1 Å². The summed E-state index contributed by atoms with van der Waals surface area (Å²) in [6, 6.07) is 19.7. The van der Waals surface area contributed by atoms with Gasteiger partial charge in [-0.3, -0.25) is 14.4 Å². The number of fused-ring (bicyclic) bond motifs is 1. The van der Waals surface area contributed by atoms with Gasteiger partial charge < -0.3 is 10.7 Å². The number of hydrogen-bond acceptors (Lipinski definition) is 4. The quantitative estimate of drug-likeness (QED) is 0.312. The number of aromatic amines is 1. The van der Waals surface area contributed by atoms with E-state index in [1.54, 1.807) is 60.7 Å². The van der Waals surface area contributed by atoms with E-state index in [4.69, 9.17) is 28.9 Å². The molecule has 1 unspecified atom stereocenters. The molecule has 0 spiro atoms. The molecule has 39 heavy (non-hydrogen) atoms. The van der Waals surface area contributed by atoms with E-state index in [1.165, 1.54) is 0 Å². The largest absolute Gasteiger partial charge is 0.364 e. The Balaban J connectivity index is 1.69. The Kier molecular flexibility index (Phi) is 6.96. The van der Waals surface area contributed by atoms with Crippen LogP contribution in [0.2, 0.25) is 10.0 Å². The molecule has 5 rings (SSSR count). The predicted octanol–water partition coefficient (Wildman–Crippen LogP) is 5.69. The van der Waals surface area contributed by atoms with E-state index in [0.29, 0.717) is 37.6 Å². The number of nitrogens with two attached hydrogens (primary N) is 1. The number of H-pyrrole nitrogens is 1. The Morgan fingerprint density at radius 2 is 1.59 bits per heavy atom. The molecule has 0 radical (unpaired) electrons. The highest BCUT2D eigenvalue weighted by Gasteiger charge is 2.44. The van der Waals surface area contributed by atoms with Crippen molar-refractivity contribution in [3.8, 4) is 11.1 Å². The number of hydrogen-bond donors (Lipinski definition) is 2. The van der Waals surface area contributed by atoms with Crippen molar-refractivity contribution >= 4 is 51.6 Å².